The molecular formula is C12H15NO2. The Morgan fingerprint density at radius 2 is 2.00 bits per heavy atom. The van der Waals surface area contributed by atoms with Crippen LogP contribution in [-0.2, 0) is 0 Å². The van der Waals surface area contributed by atoms with Gasteiger partial charge in [-0.15, -0.1) is 0 Å². The molecule has 0 unspecified atom stereocenters. The van der Waals surface area contributed by atoms with E-state index < -0.39 is 0 Å². The van der Waals surface area contributed by atoms with Crippen LogP contribution in [0.4, 0.5) is 0 Å². The molecule has 0 heterocycles. The zero-order valence-corrected chi connectivity index (χ0v) is 8.57. The van der Waals surface area contributed by atoms with Gasteiger partial charge < -0.3 is 10.4 Å². The lowest BCUT2D eigenvalue weighted by molar-refractivity contribution is 0.0952. The van der Waals surface area contributed by atoms with Crippen molar-refractivity contribution in [2.45, 2.75) is 19.3 Å². The first kappa shape index (κ1) is 10.0. The third-order valence-electron chi connectivity index (χ3n) is 2.66. The topological polar surface area (TPSA) is 49.3 Å². The Morgan fingerprint density at radius 3 is 2.60 bits per heavy atom. The first-order valence-electron chi connectivity index (χ1n) is 5.33. The van der Waals surface area contributed by atoms with E-state index in [4.69, 9.17) is 5.11 Å². The lowest BCUT2D eigenvalue weighted by atomic mass is 10.2. The Kier molecular flexibility index (Phi) is 2.90. The molecule has 15 heavy (non-hydrogen) atoms. The highest BCUT2D eigenvalue weighted by molar-refractivity contribution is 5.94. The number of amides is 1. The van der Waals surface area contributed by atoms with Crippen LogP contribution in [0.2, 0.25) is 0 Å². The number of nitrogens with one attached hydrogen (secondary N) is 1. The molecule has 1 aliphatic rings. The summed E-state index contributed by atoms with van der Waals surface area (Å²) in [6.07, 6.45) is 3.72. The largest absolute Gasteiger partial charge is 0.508 e. The summed E-state index contributed by atoms with van der Waals surface area (Å²) in [5.41, 5.74) is 0.601. The fourth-order valence-electron chi connectivity index (χ4n) is 1.51. The van der Waals surface area contributed by atoms with E-state index in [-0.39, 0.29) is 11.7 Å². The molecule has 0 saturated heterocycles. The van der Waals surface area contributed by atoms with Gasteiger partial charge in [0, 0.05) is 12.1 Å². The Balaban J connectivity index is 1.81. The highest BCUT2D eigenvalue weighted by Crippen LogP contribution is 2.31. The second-order valence-corrected chi connectivity index (χ2v) is 4.03. The van der Waals surface area contributed by atoms with Gasteiger partial charge in [-0.05, 0) is 36.6 Å². The van der Waals surface area contributed by atoms with Gasteiger partial charge in [0.15, 0.2) is 0 Å². The van der Waals surface area contributed by atoms with Crippen molar-refractivity contribution in [2.75, 3.05) is 6.54 Å². The van der Waals surface area contributed by atoms with Crippen LogP contribution in [0.15, 0.2) is 24.3 Å². The Hall–Kier alpha value is -1.51. The standard InChI is InChI=1S/C12H15NO2/c14-11-5-3-10(4-6-11)12(15)13-8-7-9-1-2-9/h3-6,9,14H,1-2,7-8H2,(H,13,15). The average Bonchev–Trinajstić information content (AvgIpc) is 3.02. The van der Waals surface area contributed by atoms with Crippen LogP contribution in [0, 0.1) is 5.92 Å². The highest BCUT2D eigenvalue weighted by atomic mass is 16.3. The van der Waals surface area contributed by atoms with Gasteiger partial charge in [-0.25, -0.2) is 0 Å². The number of rotatable bonds is 4. The third-order valence-corrected chi connectivity index (χ3v) is 2.66. The fraction of sp³-hybridized carbons (Fsp3) is 0.417. The molecule has 1 aromatic rings. The van der Waals surface area contributed by atoms with Crippen molar-refractivity contribution in [3.8, 4) is 5.75 Å². The van der Waals surface area contributed by atoms with E-state index in [1.54, 1.807) is 12.1 Å². The molecule has 80 valence electrons. The van der Waals surface area contributed by atoms with Crippen LogP contribution in [0.3, 0.4) is 0 Å². The minimum absolute atomic E-state index is 0.0596. The van der Waals surface area contributed by atoms with Gasteiger partial charge in [0.1, 0.15) is 5.75 Å². The van der Waals surface area contributed by atoms with Crippen LogP contribution in [-0.4, -0.2) is 17.6 Å². The maximum atomic E-state index is 11.6. The van der Waals surface area contributed by atoms with E-state index >= 15 is 0 Å². The van der Waals surface area contributed by atoms with Crippen LogP contribution in [0.25, 0.3) is 0 Å². The number of hydrogen-bond acceptors (Lipinski definition) is 2. The molecule has 3 nitrogen and oxygen atoms in total. The van der Waals surface area contributed by atoms with Crippen molar-refractivity contribution < 1.29 is 9.90 Å². The molecule has 2 N–H and O–H groups in total. The Morgan fingerprint density at radius 1 is 1.33 bits per heavy atom. The van der Waals surface area contributed by atoms with Gasteiger partial charge in [0.05, 0.1) is 0 Å². The Bertz CT molecular complexity index is 341. The van der Waals surface area contributed by atoms with Crippen LogP contribution >= 0.6 is 0 Å². The molecule has 1 saturated carbocycles. The van der Waals surface area contributed by atoms with Crippen LogP contribution in [0.5, 0.6) is 5.75 Å². The molecule has 1 amide bonds. The average molecular weight is 205 g/mol. The number of phenols is 1. The van der Waals surface area contributed by atoms with Crippen molar-refractivity contribution >= 4 is 5.91 Å². The summed E-state index contributed by atoms with van der Waals surface area (Å²) in [4.78, 5) is 11.6. The molecule has 1 aliphatic carbocycles. The second kappa shape index (κ2) is 4.34. The second-order valence-electron chi connectivity index (χ2n) is 4.03. The molecule has 2 rings (SSSR count). The lowest BCUT2D eigenvalue weighted by Crippen LogP contribution is -2.24. The summed E-state index contributed by atoms with van der Waals surface area (Å²) >= 11 is 0. The lowest BCUT2D eigenvalue weighted by Gasteiger charge is -2.04. The number of benzene rings is 1. The molecule has 0 radical (unpaired) electrons. The van der Waals surface area contributed by atoms with Crippen molar-refractivity contribution in [1.82, 2.24) is 5.32 Å². The molecule has 0 spiro atoms. The number of carbonyl (C=O) groups excluding carboxylic acids is 1. The predicted octanol–water partition coefficient (Wildman–Crippen LogP) is 1.92. The van der Waals surface area contributed by atoms with Gasteiger partial charge in [0.2, 0.25) is 0 Å². The van der Waals surface area contributed by atoms with Crippen molar-refractivity contribution in [2.24, 2.45) is 5.92 Å². The first-order chi connectivity index (χ1) is 7.25. The molecule has 0 atom stereocenters. The number of carbonyl (C=O) groups is 1. The van der Waals surface area contributed by atoms with Gasteiger partial charge in [-0.2, -0.15) is 0 Å². The molecule has 1 aromatic carbocycles. The zero-order chi connectivity index (χ0) is 10.7. The summed E-state index contributed by atoms with van der Waals surface area (Å²) < 4.78 is 0. The Labute approximate surface area is 89.1 Å². The van der Waals surface area contributed by atoms with Crippen molar-refractivity contribution in [3.63, 3.8) is 0 Å². The number of phenolic OH excluding ortho intramolecular Hbond substituents is 1. The van der Waals surface area contributed by atoms with E-state index in [1.165, 1.54) is 25.0 Å². The van der Waals surface area contributed by atoms with Gasteiger partial charge in [-0.3, -0.25) is 4.79 Å². The minimum Gasteiger partial charge on any atom is -0.508 e. The van der Waals surface area contributed by atoms with E-state index in [2.05, 4.69) is 5.32 Å². The monoisotopic (exact) mass is 205 g/mol. The number of aromatic hydroxyl groups is 1. The van der Waals surface area contributed by atoms with Crippen molar-refractivity contribution in [1.29, 1.82) is 0 Å². The molecule has 0 aromatic heterocycles. The normalized spacial score (nSPS) is 14.9. The minimum atomic E-state index is -0.0596. The maximum absolute atomic E-state index is 11.6. The zero-order valence-electron chi connectivity index (χ0n) is 8.57. The maximum Gasteiger partial charge on any atom is 0.251 e. The SMILES string of the molecule is O=C(NCCC1CC1)c1ccc(O)cc1. The summed E-state index contributed by atoms with van der Waals surface area (Å²) in [5.74, 6) is 0.963. The van der Waals surface area contributed by atoms with E-state index in [1.807, 2.05) is 0 Å². The predicted molar refractivity (Wildman–Crippen MR) is 57.8 cm³/mol. The molecular weight excluding hydrogens is 190 g/mol. The van der Waals surface area contributed by atoms with Crippen molar-refractivity contribution in [3.05, 3.63) is 29.8 Å². The van der Waals surface area contributed by atoms with Gasteiger partial charge in [-0.1, -0.05) is 12.8 Å². The first-order valence-corrected chi connectivity index (χ1v) is 5.33. The highest BCUT2D eigenvalue weighted by Gasteiger charge is 2.20. The third kappa shape index (κ3) is 2.98. The molecule has 0 bridgehead atoms. The molecule has 1 fully saturated rings. The van der Waals surface area contributed by atoms with E-state index in [0.717, 1.165) is 18.9 Å². The van der Waals surface area contributed by atoms with Gasteiger partial charge in [0.25, 0.3) is 5.91 Å². The summed E-state index contributed by atoms with van der Waals surface area (Å²) in [6.45, 7) is 0.754. The van der Waals surface area contributed by atoms with Crippen LogP contribution in [0.1, 0.15) is 29.6 Å². The summed E-state index contributed by atoms with van der Waals surface area (Å²) in [6, 6.07) is 6.30. The number of hydrogen-bond donors (Lipinski definition) is 2. The van der Waals surface area contributed by atoms with Crippen LogP contribution < -0.4 is 5.32 Å². The summed E-state index contributed by atoms with van der Waals surface area (Å²) in [7, 11) is 0. The summed E-state index contributed by atoms with van der Waals surface area (Å²) in [5, 5.41) is 11.9. The molecule has 3 heteroatoms. The van der Waals surface area contributed by atoms with E-state index in [0.29, 0.717) is 5.56 Å². The molecule has 0 aliphatic heterocycles. The quantitative estimate of drug-likeness (QED) is 0.789. The fourth-order valence-corrected chi connectivity index (χ4v) is 1.51. The van der Waals surface area contributed by atoms with E-state index in [9.17, 15) is 4.79 Å². The van der Waals surface area contributed by atoms with Gasteiger partial charge >= 0.3 is 0 Å². The smallest absolute Gasteiger partial charge is 0.251 e.